The smallest absolute Gasteiger partial charge is 0.0663 e. The maximum absolute atomic E-state index is 8.44. The van der Waals surface area contributed by atoms with Crippen molar-refractivity contribution in [2.75, 3.05) is 0 Å². The van der Waals surface area contributed by atoms with Crippen LogP contribution in [0.1, 0.15) is 12.0 Å². The topological polar surface area (TPSA) is 36.7 Å². The molecule has 0 unspecified atom stereocenters. The van der Waals surface area contributed by atoms with Crippen molar-refractivity contribution in [2.45, 2.75) is 6.42 Å². The van der Waals surface area contributed by atoms with Crippen molar-refractivity contribution >= 4 is 16.8 Å². The third-order valence-corrected chi connectivity index (χ3v) is 2.22. The van der Waals surface area contributed by atoms with E-state index in [-0.39, 0.29) is 0 Å². The number of aromatic nitrogens is 1. The Balaban J connectivity index is 2.48. The van der Waals surface area contributed by atoms with E-state index in [2.05, 4.69) is 17.1 Å². The van der Waals surface area contributed by atoms with Gasteiger partial charge in [0.1, 0.15) is 0 Å². The lowest BCUT2D eigenvalue weighted by molar-refractivity contribution is 1.35. The van der Waals surface area contributed by atoms with E-state index in [4.69, 9.17) is 5.26 Å². The van der Waals surface area contributed by atoms with E-state index >= 15 is 0 Å². The van der Waals surface area contributed by atoms with Gasteiger partial charge in [0.25, 0.3) is 0 Å². The zero-order chi connectivity index (χ0) is 10.5. The molecule has 0 spiro atoms. The van der Waals surface area contributed by atoms with Crippen molar-refractivity contribution in [3.05, 3.63) is 48.3 Å². The van der Waals surface area contributed by atoms with Crippen LogP contribution in [0.4, 0.5) is 0 Å². The Hall–Kier alpha value is -2.14. The van der Waals surface area contributed by atoms with Gasteiger partial charge in [0.2, 0.25) is 0 Å². The van der Waals surface area contributed by atoms with Gasteiger partial charge >= 0.3 is 0 Å². The molecule has 0 aliphatic carbocycles. The SMILES string of the molecule is N#CCC=Cc1cccc2ccncc12. The molecule has 2 nitrogen and oxygen atoms in total. The summed E-state index contributed by atoms with van der Waals surface area (Å²) < 4.78 is 0. The summed E-state index contributed by atoms with van der Waals surface area (Å²) in [5.41, 5.74) is 1.11. The second-order valence-corrected chi connectivity index (χ2v) is 3.21. The second kappa shape index (κ2) is 4.39. The van der Waals surface area contributed by atoms with Gasteiger partial charge in [-0.25, -0.2) is 0 Å². The van der Waals surface area contributed by atoms with Crippen molar-refractivity contribution in [2.24, 2.45) is 0 Å². The molecule has 1 aromatic heterocycles. The predicted octanol–water partition coefficient (Wildman–Crippen LogP) is 3.16. The number of pyridine rings is 1. The molecule has 72 valence electrons. The predicted molar refractivity (Wildman–Crippen MR) is 61.0 cm³/mol. The molecule has 0 amide bonds. The van der Waals surface area contributed by atoms with E-state index < -0.39 is 0 Å². The van der Waals surface area contributed by atoms with Crippen LogP contribution in [0.25, 0.3) is 16.8 Å². The van der Waals surface area contributed by atoms with E-state index in [1.165, 1.54) is 5.39 Å². The quantitative estimate of drug-likeness (QED) is 0.736. The molecule has 1 aromatic carbocycles. The number of fused-ring (bicyclic) bond motifs is 1. The number of hydrogen-bond acceptors (Lipinski definition) is 2. The fourth-order valence-electron chi connectivity index (χ4n) is 1.52. The fourth-order valence-corrected chi connectivity index (χ4v) is 1.52. The molecule has 0 fully saturated rings. The molecule has 0 radical (unpaired) electrons. The largest absolute Gasteiger partial charge is 0.264 e. The number of nitriles is 1. The molecule has 0 bridgehead atoms. The zero-order valence-electron chi connectivity index (χ0n) is 8.22. The van der Waals surface area contributed by atoms with Crippen LogP contribution in [-0.4, -0.2) is 4.98 Å². The molecule has 0 N–H and O–H groups in total. The molecule has 0 aliphatic rings. The number of allylic oxidation sites excluding steroid dienone is 1. The van der Waals surface area contributed by atoms with E-state index in [0.29, 0.717) is 6.42 Å². The Morgan fingerprint density at radius 1 is 1.33 bits per heavy atom. The fraction of sp³-hybridized carbons (Fsp3) is 0.0769. The Kier molecular flexibility index (Phi) is 2.75. The average molecular weight is 194 g/mol. The first-order valence-corrected chi connectivity index (χ1v) is 4.78. The highest BCUT2D eigenvalue weighted by atomic mass is 14.6. The van der Waals surface area contributed by atoms with Gasteiger partial charge in [-0.05, 0) is 17.0 Å². The minimum absolute atomic E-state index is 0.441. The molecule has 0 atom stereocenters. The van der Waals surface area contributed by atoms with Gasteiger partial charge in [-0.2, -0.15) is 5.26 Å². The number of hydrogen-bond donors (Lipinski definition) is 0. The highest BCUT2D eigenvalue weighted by Gasteiger charge is 1.95. The van der Waals surface area contributed by atoms with E-state index in [0.717, 1.165) is 10.9 Å². The highest BCUT2D eigenvalue weighted by molar-refractivity contribution is 5.89. The van der Waals surface area contributed by atoms with Crippen LogP contribution in [0.15, 0.2) is 42.7 Å². The van der Waals surface area contributed by atoms with Crippen LogP contribution < -0.4 is 0 Å². The summed E-state index contributed by atoms with van der Waals surface area (Å²) >= 11 is 0. The maximum atomic E-state index is 8.44. The Bertz CT molecular complexity index is 530. The lowest BCUT2D eigenvalue weighted by Crippen LogP contribution is -1.79. The van der Waals surface area contributed by atoms with Gasteiger partial charge in [0.05, 0.1) is 12.5 Å². The van der Waals surface area contributed by atoms with Gasteiger partial charge in [-0.15, -0.1) is 0 Å². The molecule has 1 heterocycles. The molecular weight excluding hydrogens is 184 g/mol. The molecule has 15 heavy (non-hydrogen) atoms. The van der Waals surface area contributed by atoms with Crippen LogP contribution in [0.2, 0.25) is 0 Å². The Labute approximate surface area is 88.5 Å². The Morgan fingerprint density at radius 2 is 2.27 bits per heavy atom. The number of rotatable bonds is 2. The lowest BCUT2D eigenvalue weighted by Gasteiger charge is -2.00. The Morgan fingerprint density at radius 3 is 3.13 bits per heavy atom. The first kappa shape index (κ1) is 9.42. The van der Waals surface area contributed by atoms with E-state index in [9.17, 15) is 0 Å². The summed E-state index contributed by atoms with van der Waals surface area (Å²) in [6.45, 7) is 0. The van der Waals surface area contributed by atoms with Gasteiger partial charge in [0.15, 0.2) is 0 Å². The summed E-state index contributed by atoms with van der Waals surface area (Å²) in [6.07, 6.45) is 7.90. The van der Waals surface area contributed by atoms with Gasteiger partial charge in [0, 0.05) is 17.8 Å². The highest BCUT2D eigenvalue weighted by Crippen LogP contribution is 2.18. The third kappa shape index (κ3) is 2.03. The monoisotopic (exact) mass is 194 g/mol. The third-order valence-electron chi connectivity index (χ3n) is 2.22. The van der Waals surface area contributed by atoms with Gasteiger partial charge in [-0.3, -0.25) is 4.98 Å². The molecule has 2 rings (SSSR count). The zero-order valence-corrected chi connectivity index (χ0v) is 8.22. The molecular formula is C13H10N2. The molecule has 0 aliphatic heterocycles. The molecule has 0 saturated carbocycles. The maximum Gasteiger partial charge on any atom is 0.0663 e. The normalized spacial score (nSPS) is 10.6. The van der Waals surface area contributed by atoms with Crippen LogP contribution in [0, 0.1) is 11.3 Å². The first-order chi connectivity index (χ1) is 7.42. The molecule has 0 saturated heterocycles. The second-order valence-electron chi connectivity index (χ2n) is 3.21. The summed E-state index contributed by atoms with van der Waals surface area (Å²) in [5, 5.41) is 10.7. The van der Waals surface area contributed by atoms with Crippen molar-refractivity contribution in [3.8, 4) is 6.07 Å². The number of nitrogens with zero attached hydrogens (tertiary/aromatic N) is 2. The standard InChI is InChI=1S/C13H10N2/c14-8-2-1-4-11-5-3-6-12-7-9-15-10-13(11)12/h1,3-7,9-10H,2H2. The van der Waals surface area contributed by atoms with Crippen LogP contribution in [-0.2, 0) is 0 Å². The van der Waals surface area contributed by atoms with E-state index in [1.807, 2.05) is 36.5 Å². The van der Waals surface area contributed by atoms with Crippen molar-refractivity contribution in [3.63, 3.8) is 0 Å². The van der Waals surface area contributed by atoms with Gasteiger partial charge < -0.3 is 0 Å². The van der Waals surface area contributed by atoms with Crippen LogP contribution >= 0.6 is 0 Å². The van der Waals surface area contributed by atoms with Crippen LogP contribution in [0.3, 0.4) is 0 Å². The summed E-state index contributed by atoms with van der Waals surface area (Å²) in [4.78, 5) is 4.10. The molecule has 2 heteroatoms. The van der Waals surface area contributed by atoms with Crippen molar-refractivity contribution in [1.29, 1.82) is 5.26 Å². The molecule has 2 aromatic rings. The summed E-state index contributed by atoms with van der Waals surface area (Å²) in [6, 6.07) is 10.2. The average Bonchev–Trinajstić information content (AvgIpc) is 2.30. The number of benzene rings is 1. The first-order valence-electron chi connectivity index (χ1n) is 4.78. The van der Waals surface area contributed by atoms with Crippen molar-refractivity contribution < 1.29 is 0 Å². The summed E-state index contributed by atoms with van der Waals surface area (Å²) in [7, 11) is 0. The lowest BCUT2D eigenvalue weighted by atomic mass is 10.1. The minimum Gasteiger partial charge on any atom is -0.264 e. The minimum atomic E-state index is 0.441. The van der Waals surface area contributed by atoms with Crippen molar-refractivity contribution in [1.82, 2.24) is 4.98 Å². The van der Waals surface area contributed by atoms with Gasteiger partial charge in [-0.1, -0.05) is 30.4 Å². The van der Waals surface area contributed by atoms with E-state index in [1.54, 1.807) is 6.20 Å². The summed E-state index contributed by atoms with van der Waals surface area (Å²) in [5.74, 6) is 0. The van der Waals surface area contributed by atoms with Crippen LogP contribution in [0.5, 0.6) is 0 Å².